The highest BCUT2D eigenvalue weighted by Gasteiger charge is 2.35. The molecule has 2 aromatic carbocycles. The van der Waals surface area contributed by atoms with Crippen LogP contribution in [0, 0.1) is 11.8 Å². The van der Waals surface area contributed by atoms with Crippen LogP contribution in [0.1, 0.15) is 89.0 Å². The second-order valence-corrected chi connectivity index (χ2v) is 9.05. The van der Waals surface area contributed by atoms with Crippen molar-refractivity contribution in [1.82, 2.24) is 0 Å². The summed E-state index contributed by atoms with van der Waals surface area (Å²) in [6.07, 6.45) is 11.7. The van der Waals surface area contributed by atoms with Crippen molar-refractivity contribution in [1.29, 1.82) is 0 Å². The topological polar surface area (TPSA) is 43.1 Å². The van der Waals surface area contributed by atoms with E-state index in [-0.39, 0.29) is 17.7 Å². The Kier molecular flexibility index (Phi) is 15.7. The second-order valence-electron chi connectivity index (χ2n) is 9.05. The molecule has 2 atom stereocenters. The van der Waals surface area contributed by atoms with Gasteiger partial charge in [-0.3, -0.25) is 4.79 Å². The Labute approximate surface area is 227 Å². The third-order valence-electron chi connectivity index (χ3n) is 6.97. The molecule has 2 unspecified atom stereocenters. The lowest BCUT2D eigenvalue weighted by molar-refractivity contribution is -0.123. The van der Waals surface area contributed by atoms with Gasteiger partial charge in [-0.05, 0) is 97.6 Å². The predicted molar refractivity (Wildman–Crippen MR) is 162 cm³/mol. The maximum Gasteiger partial charge on any atom is 0.221 e. The highest BCUT2D eigenvalue weighted by molar-refractivity contribution is 5.83. The molecule has 1 aliphatic rings. The summed E-state index contributed by atoms with van der Waals surface area (Å²) >= 11 is 0. The van der Waals surface area contributed by atoms with E-state index in [2.05, 4.69) is 79.6 Å². The van der Waals surface area contributed by atoms with Crippen LogP contribution in [-0.2, 0) is 24.1 Å². The fourth-order valence-corrected chi connectivity index (χ4v) is 5.03. The summed E-state index contributed by atoms with van der Waals surface area (Å²) in [6, 6.07) is 17.1. The number of aryl methyl sites for hydroxylation is 2. The van der Waals surface area contributed by atoms with Crippen molar-refractivity contribution < 1.29 is 4.79 Å². The molecule has 0 saturated carbocycles. The van der Waals surface area contributed by atoms with E-state index in [1.54, 1.807) is 0 Å². The molecule has 0 fully saturated rings. The van der Waals surface area contributed by atoms with Crippen molar-refractivity contribution in [3.8, 4) is 0 Å². The number of nitrogens with two attached hydrogens (primary N) is 1. The molecule has 2 N–H and O–H groups in total. The number of fused-ring (bicyclic) bond motifs is 1. The zero-order chi connectivity index (χ0) is 27.6. The number of hydrogen-bond acceptors (Lipinski definition) is 1. The molecule has 0 spiro atoms. The number of carbonyl (C=O) groups is 1. The van der Waals surface area contributed by atoms with Crippen LogP contribution < -0.4 is 5.73 Å². The summed E-state index contributed by atoms with van der Waals surface area (Å²) in [6.45, 7) is 18.3. The van der Waals surface area contributed by atoms with Gasteiger partial charge in [0.05, 0.1) is 0 Å². The first-order valence-corrected chi connectivity index (χ1v) is 14.2. The van der Waals surface area contributed by atoms with Crippen LogP contribution in [0.4, 0.5) is 0 Å². The molecule has 0 heterocycles. The molecule has 0 radical (unpaired) electrons. The van der Waals surface area contributed by atoms with Crippen molar-refractivity contribution in [3.63, 3.8) is 0 Å². The van der Waals surface area contributed by atoms with Gasteiger partial charge in [0.2, 0.25) is 5.91 Å². The number of allylic oxidation sites excluding steroid dienone is 4. The summed E-state index contributed by atoms with van der Waals surface area (Å²) in [4.78, 5) is 12.3. The lowest BCUT2D eigenvalue weighted by Crippen LogP contribution is -2.30. The molecule has 0 aliphatic heterocycles. The van der Waals surface area contributed by atoms with Crippen LogP contribution in [0.25, 0.3) is 5.57 Å². The van der Waals surface area contributed by atoms with Gasteiger partial charge in [0.25, 0.3) is 0 Å². The number of rotatable bonds is 12. The van der Waals surface area contributed by atoms with Crippen LogP contribution in [0.15, 0.2) is 85.1 Å². The molecule has 2 nitrogen and oxygen atoms in total. The predicted octanol–water partition coefficient (Wildman–Crippen LogP) is 9.05. The summed E-state index contributed by atoms with van der Waals surface area (Å²) in [7, 11) is 0. The number of primary amides is 1. The molecular weight excluding hydrogens is 450 g/mol. The Morgan fingerprint density at radius 3 is 2.35 bits per heavy atom. The van der Waals surface area contributed by atoms with Gasteiger partial charge in [0.1, 0.15) is 0 Å². The minimum Gasteiger partial charge on any atom is -0.369 e. The standard InChI is InChI=1S/C31H37NO.2C2H6/c1-4-6-7-11-16-28(31(32)33)29-22-30-26(15-12-17-27(30)23(29)3)21-20-24(5-2)18-19-25-13-9-8-10-14-25;2*1-2/h4,6,8-10,12-15,17,28-29H,2-3,7,11,16,18-22H2,1H3,(H2,32,33);2*1-2H3/b6-4-;;. The number of hydrogen-bond donors (Lipinski definition) is 1. The summed E-state index contributed by atoms with van der Waals surface area (Å²) in [5.74, 6) is -0.247. The molecule has 2 heteroatoms. The summed E-state index contributed by atoms with van der Waals surface area (Å²) in [5, 5.41) is 0. The van der Waals surface area contributed by atoms with E-state index < -0.39 is 0 Å². The first-order chi connectivity index (χ1) is 18.0. The molecule has 1 aliphatic carbocycles. The number of amides is 1. The smallest absolute Gasteiger partial charge is 0.221 e. The summed E-state index contributed by atoms with van der Waals surface area (Å²) in [5.41, 5.74) is 16.6. The van der Waals surface area contributed by atoms with Gasteiger partial charge in [0.15, 0.2) is 0 Å². The van der Waals surface area contributed by atoms with E-state index in [0.717, 1.165) is 56.9 Å². The summed E-state index contributed by atoms with van der Waals surface area (Å²) < 4.78 is 0. The number of benzene rings is 2. The quantitative estimate of drug-likeness (QED) is 0.177. The van der Waals surface area contributed by atoms with E-state index in [1.807, 2.05) is 34.6 Å². The Bertz CT molecular complexity index is 1040. The highest BCUT2D eigenvalue weighted by atomic mass is 16.1. The van der Waals surface area contributed by atoms with Crippen molar-refractivity contribution in [3.05, 3.63) is 107 Å². The average molecular weight is 500 g/mol. The van der Waals surface area contributed by atoms with Crippen LogP contribution in [0.5, 0.6) is 0 Å². The van der Waals surface area contributed by atoms with Crippen molar-refractivity contribution in [2.45, 2.75) is 86.0 Å². The molecule has 1 amide bonds. The van der Waals surface area contributed by atoms with E-state index >= 15 is 0 Å². The fraction of sp³-hybridized carbons (Fsp3) is 0.429. The van der Waals surface area contributed by atoms with Crippen molar-refractivity contribution >= 4 is 11.5 Å². The highest BCUT2D eigenvalue weighted by Crippen LogP contribution is 2.43. The minimum atomic E-state index is -0.200. The van der Waals surface area contributed by atoms with Gasteiger partial charge in [-0.2, -0.15) is 0 Å². The van der Waals surface area contributed by atoms with Gasteiger partial charge in [-0.15, -0.1) is 5.73 Å². The van der Waals surface area contributed by atoms with Crippen molar-refractivity contribution in [2.24, 2.45) is 17.6 Å². The zero-order valence-corrected chi connectivity index (χ0v) is 24.0. The van der Waals surface area contributed by atoms with Gasteiger partial charge in [-0.25, -0.2) is 0 Å². The van der Waals surface area contributed by atoms with Gasteiger partial charge >= 0.3 is 0 Å². The van der Waals surface area contributed by atoms with Crippen LogP contribution >= 0.6 is 0 Å². The lowest BCUT2D eigenvalue weighted by atomic mass is 9.83. The van der Waals surface area contributed by atoms with Gasteiger partial charge in [-0.1, -0.05) is 102 Å². The Morgan fingerprint density at radius 1 is 1.05 bits per heavy atom. The van der Waals surface area contributed by atoms with Gasteiger partial charge < -0.3 is 5.73 Å². The SMILES string of the molecule is C=C=C(CCc1ccccc1)CCc1cccc2c1CC(C(CCC/C=C\C)C(N)=O)C2=C.CC.CC. The Hall–Kier alpha value is -3.09. The normalized spacial score (nSPS) is 14.5. The molecular formula is C35H49NO. The third-order valence-corrected chi connectivity index (χ3v) is 6.97. The zero-order valence-electron chi connectivity index (χ0n) is 24.0. The van der Waals surface area contributed by atoms with Crippen LogP contribution in [-0.4, -0.2) is 5.91 Å². The first kappa shape index (κ1) is 31.9. The van der Waals surface area contributed by atoms with E-state index in [1.165, 1.54) is 27.8 Å². The lowest BCUT2D eigenvalue weighted by Gasteiger charge is -2.21. The van der Waals surface area contributed by atoms with Crippen LogP contribution in [0.2, 0.25) is 0 Å². The van der Waals surface area contributed by atoms with Crippen LogP contribution in [0.3, 0.4) is 0 Å². The minimum absolute atomic E-state index is 0.108. The molecule has 0 saturated heterocycles. The first-order valence-electron chi connectivity index (χ1n) is 14.2. The maximum absolute atomic E-state index is 12.3. The molecule has 0 bridgehead atoms. The van der Waals surface area contributed by atoms with Gasteiger partial charge in [0, 0.05) is 5.92 Å². The van der Waals surface area contributed by atoms with E-state index in [0.29, 0.717) is 0 Å². The monoisotopic (exact) mass is 499 g/mol. The molecule has 200 valence electrons. The molecule has 3 rings (SSSR count). The second kappa shape index (κ2) is 18.2. The maximum atomic E-state index is 12.3. The average Bonchev–Trinajstić information content (AvgIpc) is 3.28. The number of unbranched alkanes of at least 4 members (excludes halogenated alkanes) is 1. The Balaban J connectivity index is 0.00000163. The number of carbonyl (C=O) groups excluding carboxylic acids is 1. The third kappa shape index (κ3) is 9.71. The van der Waals surface area contributed by atoms with Crippen molar-refractivity contribution in [2.75, 3.05) is 0 Å². The molecule has 0 aromatic heterocycles. The fourth-order valence-electron chi connectivity index (χ4n) is 5.03. The molecule has 2 aromatic rings. The van der Waals surface area contributed by atoms with E-state index in [4.69, 9.17) is 5.73 Å². The Morgan fingerprint density at radius 2 is 1.73 bits per heavy atom. The largest absolute Gasteiger partial charge is 0.369 e. The van der Waals surface area contributed by atoms with E-state index in [9.17, 15) is 4.79 Å². The molecule has 37 heavy (non-hydrogen) atoms.